The predicted octanol–water partition coefficient (Wildman–Crippen LogP) is 1.78. The maximum absolute atomic E-state index is 11.2. The Morgan fingerprint density at radius 1 is 1.20 bits per heavy atom. The average molecular weight is 214 g/mol. The molecule has 0 heterocycles. The van der Waals surface area contributed by atoms with Crippen LogP contribution in [0.25, 0.3) is 0 Å². The van der Waals surface area contributed by atoms with Gasteiger partial charge in [-0.15, -0.1) is 0 Å². The lowest BCUT2D eigenvalue weighted by atomic mass is 9.97. The third-order valence-corrected chi connectivity index (χ3v) is 2.01. The van der Waals surface area contributed by atoms with E-state index >= 15 is 0 Å². The van der Waals surface area contributed by atoms with Crippen LogP contribution in [-0.4, -0.2) is 25.5 Å². The van der Waals surface area contributed by atoms with E-state index < -0.39 is 0 Å². The summed E-state index contributed by atoms with van der Waals surface area (Å²) in [6.45, 7) is 13.2. The summed E-state index contributed by atoms with van der Waals surface area (Å²) in [5.41, 5.74) is 0.335. The molecule has 0 rings (SSSR count). The van der Waals surface area contributed by atoms with Crippen molar-refractivity contribution >= 4 is 5.91 Å². The zero-order valence-corrected chi connectivity index (χ0v) is 10.8. The molecule has 0 aliphatic carbocycles. The smallest absolute Gasteiger partial charge is 0.222 e. The normalized spacial score (nSPS) is 11.9. The van der Waals surface area contributed by atoms with Crippen LogP contribution in [0.4, 0.5) is 0 Å². The van der Waals surface area contributed by atoms with E-state index in [-0.39, 0.29) is 11.8 Å². The summed E-state index contributed by atoms with van der Waals surface area (Å²) in [7, 11) is 0. The second-order valence-corrected chi connectivity index (χ2v) is 5.54. The fourth-order valence-electron chi connectivity index (χ4n) is 1.09. The van der Waals surface area contributed by atoms with E-state index in [4.69, 9.17) is 0 Å². The fourth-order valence-corrected chi connectivity index (χ4v) is 1.09. The largest absolute Gasteiger partial charge is 0.356 e. The molecular formula is C12H26N2O. The highest BCUT2D eigenvalue weighted by Gasteiger charge is 2.08. The Kier molecular flexibility index (Phi) is 6.57. The van der Waals surface area contributed by atoms with Gasteiger partial charge in [-0.25, -0.2) is 0 Å². The Morgan fingerprint density at radius 3 is 2.27 bits per heavy atom. The molecule has 0 aromatic rings. The third kappa shape index (κ3) is 9.73. The van der Waals surface area contributed by atoms with Crippen molar-refractivity contribution in [2.45, 2.75) is 41.0 Å². The van der Waals surface area contributed by atoms with Crippen molar-refractivity contribution in [1.82, 2.24) is 10.6 Å². The highest BCUT2D eigenvalue weighted by atomic mass is 16.1. The van der Waals surface area contributed by atoms with Crippen LogP contribution in [0.2, 0.25) is 0 Å². The molecule has 0 fully saturated rings. The van der Waals surface area contributed by atoms with Crippen LogP contribution in [0.1, 0.15) is 41.0 Å². The predicted molar refractivity (Wildman–Crippen MR) is 64.8 cm³/mol. The first kappa shape index (κ1) is 14.4. The molecule has 90 valence electrons. The van der Waals surface area contributed by atoms with Crippen molar-refractivity contribution in [3.05, 3.63) is 0 Å². The summed E-state index contributed by atoms with van der Waals surface area (Å²) in [6.07, 6.45) is 0.995. The molecular weight excluding hydrogens is 188 g/mol. The monoisotopic (exact) mass is 214 g/mol. The molecule has 0 atom stereocenters. The fraction of sp³-hybridized carbons (Fsp3) is 0.917. The van der Waals surface area contributed by atoms with Crippen LogP contribution >= 0.6 is 0 Å². The summed E-state index contributed by atoms with van der Waals surface area (Å²) in [4.78, 5) is 11.2. The Morgan fingerprint density at radius 2 is 1.80 bits per heavy atom. The van der Waals surface area contributed by atoms with E-state index in [0.717, 1.165) is 26.1 Å². The zero-order chi connectivity index (χ0) is 11.9. The lowest BCUT2D eigenvalue weighted by Gasteiger charge is -2.18. The molecule has 3 heteroatoms. The van der Waals surface area contributed by atoms with Gasteiger partial charge >= 0.3 is 0 Å². The first-order valence-electron chi connectivity index (χ1n) is 5.81. The van der Waals surface area contributed by atoms with Gasteiger partial charge in [0.25, 0.3) is 0 Å². The molecule has 1 amide bonds. The molecule has 0 aliphatic heterocycles. The van der Waals surface area contributed by atoms with Gasteiger partial charge in [-0.05, 0) is 24.9 Å². The average Bonchev–Trinajstić information content (AvgIpc) is 2.08. The Bertz CT molecular complexity index is 183. The second-order valence-electron chi connectivity index (χ2n) is 5.54. The minimum absolute atomic E-state index is 0.0903. The maximum atomic E-state index is 11.2. The lowest BCUT2D eigenvalue weighted by Crippen LogP contribution is -2.32. The number of hydrogen-bond donors (Lipinski definition) is 2. The van der Waals surface area contributed by atoms with Crippen LogP contribution in [0, 0.1) is 11.3 Å². The zero-order valence-electron chi connectivity index (χ0n) is 10.8. The van der Waals surface area contributed by atoms with Crippen LogP contribution in [0.5, 0.6) is 0 Å². The summed E-state index contributed by atoms with van der Waals surface area (Å²) >= 11 is 0. The van der Waals surface area contributed by atoms with Gasteiger partial charge in [0.05, 0.1) is 0 Å². The van der Waals surface area contributed by atoms with Gasteiger partial charge < -0.3 is 10.6 Å². The molecule has 0 aromatic carbocycles. The summed E-state index contributed by atoms with van der Waals surface area (Å²) in [5, 5.41) is 6.28. The molecule has 0 saturated heterocycles. The number of hydrogen-bond acceptors (Lipinski definition) is 2. The second kappa shape index (κ2) is 6.83. The molecule has 0 spiro atoms. The van der Waals surface area contributed by atoms with Gasteiger partial charge in [-0.2, -0.15) is 0 Å². The van der Waals surface area contributed by atoms with E-state index in [1.807, 2.05) is 13.8 Å². The van der Waals surface area contributed by atoms with Crippen molar-refractivity contribution in [2.75, 3.05) is 19.6 Å². The Hall–Kier alpha value is -0.570. The van der Waals surface area contributed by atoms with Crippen molar-refractivity contribution in [2.24, 2.45) is 11.3 Å². The van der Waals surface area contributed by atoms with Crippen LogP contribution in [-0.2, 0) is 4.79 Å². The Labute approximate surface area is 94.0 Å². The van der Waals surface area contributed by atoms with Gasteiger partial charge in [-0.1, -0.05) is 34.6 Å². The van der Waals surface area contributed by atoms with E-state index in [0.29, 0.717) is 5.41 Å². The SMILES string of the molecule is CC(C)C(=O)NCCCNCC(C)(C)C. The van der Waals surface area contributed by atoms with Gasteiger partial charge in [0.15, 0.2) is 0 Å². The van der Waals surface area contributed by atoms with E-state index in [2.05, 4.69) is 31.4 Å². The summed E-state index contributed by atoms with van der Waals surface area (Å²) in [6, 6.07) is 0. The molecule has 3 nitrogen and oxygen atoms in total. The number of carbonyl (C=O) groups is 1. The molecule has 0 unspecified atom stereocenters. The van der Waals surface area contributed by atoms with E-state index in [9.17, 15) is 4.79 Å². The van der Waals surface area contributed by atoms with Crippen molar-refractivity contribution < 1.29 is 4.79 Å². The quantitative estimate of drug-likeness (QED) is 0.662. The number of rotatable bonds is 6. The summed E-state index contributed by atoms with van der Waals surface area (Å²) in [5.74, 6) is 0.235. The molecule has 0 radical (unpaired) electrons. The standard InChI is InChI=1S/C12H26N2O/c1-10(2)11(15)14-8-6-7-13-9-12(3,4)5/h10,13H,6-9H2,1-5H3,(H,14,15). The highest BCUT2D eigenvalue weighted by molar-refractivity contribution is 5.77. The van der Waals surface area contributed by atoms with Crippen LogP contribution < -0.4 is 10.6 Å². The minimum Gasteiger partial charge on any atom is -0.356 e. The third-order valence-electron chi connectivity index (χ3n) is 2.01. The number of carbonyl (C=O) groups excluding carboxylic acids is 1. The van der Waals surface area contributed by atoms with E-state index in [1.54, 1.807) is 0 Å². The minimum atomic E-state index is 0.0903. The maximum Gasteiger partial charge on any atom is 0.222 e. The topological polar surface area (TPSA) is 41.1 Å². The van der Waals surface area contributed by atoms with Crippen LogP contribution in [0.15, 0.2) is 0 Å². The van der Waals surface area contributed by atoms with E-state index in [1.165, 1.54) is 0 Å². The number of amides is 1. The van der Waals surface area contributed by atoms with Crippen molar-refractivity contribution in [1.29, 1.82) is 0 Å². The van der Waals surface area contributed by atoms with Crippen molar-refractivity contribution in [3.63, 3.8) is 0 Å². The highest BCUT2D eigenvalue weighted by Crippen LogP contribution is 2.09. The lowest BCUT2D eigenvalue weighted by molar-refractivity contribution is -0.123. The molecule has 0 aromatic heterocycles. The molecule has 0 saturated carbocycles. The van der Waals surface area contributed by atoms with Gasteiger partial charge in [0, 0.05) is 12.5 Å². The molecule has 2 N–H and O–H groups in total. The Balaban J connectivity index is 3.30. The van der Waals surface area contributed by atoms with Gasteiger partial charge in [0.2, 0.25) is 5.91 Å². The first-order valence-corrected chi connectivity index (χ1v) is 5.81. The molecule has 0 aliphatic rings. The van der Waals surface area contributed by atoms with Gasteiger partial charge in [-0.3, -0.25) is 4.79 Å². The van der Waals surface area contributed by atoms with Crippen molar-refractivity contribution in [3.8, 4) is 0 Å². The first-order chi connectivity index (χ1) is 6.83. The molecule has 0 bridgehead atoms. The molecule has 15 heavy (non-hydrogen) atoms. The summed E-state index contributed by atoms with van der Waals surface area (Å²) < 4.78 is 0. The van der Waals surface area contributed by atoms with Crippen LogP contribution in [0.3, 0.4) is 0 Å². The number of nitrogens with one attached hydrogen (secondary N) is 2. The van der Waals surface area contributed by atoms with Gasteiger partial charge in [0.1, 0.15) is 0 Å².